The SMILES string of the molecule is CC(=O)O[C@@H](CC(C)C)C(F)(F)F. The minimum atomic E-state index is -4.46. The van der Waals surface area contributed by atoms with Gasteiger partial charge in [-0.25, -0.2) is 0 Å². The van der Waals surface area contributed by atoms with Crippen molar-refractivity contribution in [3.8, 4) is 0 Å². The second-order valence-electron chi connectivity index (χ2n) is 3.27. The molecule has 0 saturated carbocycles. The first-order valence-corrected chi connectivity index (χ1v) is 3.97. The summed E-state index contributed by atoms with van der Waals surface area (Å²) in [5.74, 6) is -1.06. The maximum absolute atomic E-state index is 12.2. The van der Waals surface area contributed by atoms with Crippen molar-refractivity contribution >= 4 is 5.97 Å². The van der Waals surface area contributed by atoms with E-state index in [4.69, 9.17) is 0 Å². The Bertz CT molecular complexity index is 175. The molecule has 0 amide bonds. The van der Waals surface area contributed by atoms with Crippen LogP contribution < -0.4 is 0 Å². The second-order valence-corrected chi connectivity index (χ2v) is 3.27. The van der Waals surface area contributed by atoms with E-state index >= 15 is 0 Å². The van der Waals surface area contributed by atoms with Crippen LogP contribution in [0.2, 0.25) is 0 Å². The zero-order valence-electron chi connectivity index (χ0n) is 7.81. The number of ether oxygens (including phenoxy) is 1. The van der Waals surface area contributed by atoms with E-state index in [1.807, 2.05) is 0 Å². The average Bonchev–Trinajstić information content (AvgIpc) is 1.81. The summed E-state index contributed by atoms with van der Waals surface area (Å²) in [5.41, 5.74) is 0. The van der Waals surface area contributed by atoms with E-state index in [1.54, 1.807) is 13.8 Å². The summed E-state index contributed by atoms with van der Waals surface area (Å²) in [6.07, 6.45) is -6.62. The van der Waals surface area contributed by atoms with Gasteiger partial charge < -0.3 is 4.74 Å². The topological polar surface area (TPSA) is 26.3 Å². The van der Waals surface area contributed by atoms with E-state index in [0.29, 0.717) is 0 Å². The molecule has 78 valence electrons. The molecule has 0 aromatic rings. The molecular weight excluding hydrogens is 185 g/mol. The van der Waals surface area contributed by atoms with E-state index < -0.39 is 18.2 Å². The minimum absolute atomic E-state index is 0.161. The lowest BCUT2D eigenvalue weighted by molar-refractivity contribution is -0.223. The standard InChI is InChI=1S/C8H13F3O2/c1-5(2)4-7(8(9,10)11)13-6(3)12/h5,7H,4H2,1-3H3/t7-/m0/s1. The predicted octanol–water partition coefficient (Wildman–Crippen LogP) is 2.53. The van der Waals surface area contributed by atoms with Gasteiger partial charge in [0.25, 0.3) is 0 Å². The minimum Gasteiger partial charge on any atom is -0.453 e. The van der Waals surface area contributed by atoms with Gasteiger partial charge in [-0.15, -0.1) is 0 Å². The molecule has 0 aliphatic heterocycles. The molecule has 0 N–H and O–H groups in total. The van der Waals surface area contributed by atoms with E-state index in [1.165, 1.54) is 0 Å². The molecule has 0 fully saturated rings. The Hall–Kier alpha value is -0.740. The molecule has 2 nitrogen and oxygen atoms in total. The van der Waals surface area contributed by atoms with Crippen molar-refractivity contribution in [3.05, 3.63) is 0 Å². The van der Waals surface area contributed by atoms with Gasteiger partial charge in [-0.3, -0.25) is 4.79 Å². The lowest BCUT2D eigenvalue weighted by Crippen LogP contribution is -2.34. The van der Waals surface area contributed by atoms with Gasteiger partial charge in [0.05, 0.1) is 0 Å². The molecule has 0 aromatic heterocycles. The zero-order chi connectivity index (χ0) is 10.6. The number of rotatable bonds is 3. The molecule has 0 aromatic carbocycles. The van der Waals surface area contributed by atoms with Crippen LogP contribution in [0.1, 0.15) is 27.2 Å². The van der Waals surface area contributed by atoms with Crippen LogP contribution in [0, 0.1) is 5.92 Å². The summed E-state index contributed by atoms with van der Waals surface area (Å²) in [6, 6.07) is 0. The number of hydrogen-bond donors (Lipinski definition) is 0. The van der Waals surface area contributed by atoms with Gasteiger partial charge in [-0.2, -0.15) is 13.2 Å². The Labute approximate surface area is 75.1 Å². The maximum atomic E-state index is 12.2. The molecule has 0 aliphatic carbocycles. The Balaban J connectivity index is 4.28. The molecule has 13 heavy (non-hydrogen) atoms. The van der Waals surface area contributed by atoms with Crippen molar-refractivity contribution in [1.82, 2.24) is 0 Å². The third-order valence-electron chi connectivity index (χ3n) is 1.36. The third-order valence-corrected chi connectivity index (χ3v) is 1.36. The van der Waals surface area contributed by atoms with Gasteiger partial charge in [-0.1, -0.05) is 13.8 Å². The molecule has 0 radical (unpaired) electrons. The van der Waals surface area contributed by atoms with Crippen LogP contribution in [0.25, 0.3) is 0 Å². The van der Waals surface area contributed by atoms with Crippen LogP contribution in [0.4, 0.5) is 13.2 Å². The number of esters is 1. The summed E-state index contributed by atoms with van der Waals surface area (Å²) in [5, 5.41) is 0. The van der Waals surface area contributed by atoms with Gasteiger partial charge in [-0.05, 0) is 12.3 Å². The van der Waals surface area contributed by atoms with E-state index in [0.717, 1.165) is 6.92 Å². The predicted molar refractivity (Wildman–Crippen MR) is 41.1 cm³/mol. The molecule has 5 heteroatoms. The Morgan fingerprint density at radius 2 is 1.85 bits per heavy atom. The number of alkyl halides is 3. The van der Waals surface area contributed by atoms with Crippen molar-refractivity contribution in [1.29, 1.82) is 0 Å². The van der Waals surface area contributed by atoms with Crippen LogP contribution in [0.5, 0.6) is 0 Å². The zero-order valence-corrected chi connectivity index (χ0v) is 7.81. The first-order valence-electron chi connectivity index (χ1n) is 3.97. The average molecular weight is 198 g/mol. The van der Waals surface area contributed by atoms with Crippen molar-refractivity contribution in [3.63, 3.8) is 0 Å². The first kappa shape index (κ1) is 12.3. The van der Waals surface area contributed by atoms with E-state index in [-0.39, 0.29) is 12.3 Å². The molecule has 0 heterocycles. The van der Waals surface area contributed by atoms with Crippen LogP contribution in [-0.2, 0) is 9.53 Å². The highest BCUT2D eigenvalue weighted by molar-refractivity contribution is 5.66. The Morgan fingerprint density at radius 3 is 2.08 bits per heavy atom. The van der Waals surface area contributed by atoms with Crippen LogP contribution in [0.15, 0.2) is 0 Å². The largest absolute Gasteiger partial charge is 0.453 e. The number of carbonyl (C=O) groups excluding carboxylic acids is 1. The van der Waals surface area contributed by atoms with Gasteiger partial charge in [0, 0.05) is 6.92 Å². The van der Waals surface area contributed by atoms with Crippen LogP contribution in [-0.4, -0.2) is 18.2 Å². The fourth-order valence-electron chi connectivity index (χ4n) is 0.877. The third kappa shape index (κ3) is 5.49. The van der Waals surface area contributed by atoms with E-state index in [9.17, 15) is 18.0 Å². The second kappa shape index (κ2) is 4.48. The highest BCUT2D eigenvalue weighted by atomic mass is 19.4. The number of carbonyl (C=O) groups is 1. The highest BCUT2D eigenvalue weighted by Crippen LogP contribution is 2.27. The Morgan fingerprint density at radius 1 is 1.38 bits per heavy atom. The van der Waals surface area contributed by atoms with Gasteiger partial charge in [0.1, 0.15) is 0 Å². The lowest BCUT2D eigenvalue weighted by Gasteiger charge is -2.21. The molecule has 0 unspecified atom stereocenters. The molecule has 1 atom stereocenters. The summed E-state index contributed by atoms with van der Waals surface area (Å²) in [7, 11) is 0. The van der Waals surface area contributed by atoms with Crippen LogP contribution in [0.3, 0.4) is 0 Å². The fourth-order valence-corrected chi connectivity index (χ4v) is 0.877. The van der Waals surface area contributed by atoms with Crippen molar-refractivity contribution in [2.24, 2.45) is 5.92 Å². The van der Waals surface area contributed by atoms with Gasteiger partial charge in [0.15, 0.2) is 6.10 Å². The van der Waals surface area contributed by atoms with Crippen LogP contribution >= 0.6 is 0 Å². The number of hydrogen-bond acceptors (Lipinski definition) is 2. The fraction of sp³-hybridized carbons (Fsp3) is 0.875. The molecule has 0 aliphatic rings. The Kier molecular flexibility index (Phi) is 4.23. The molecule has 0 saturated heterocycles. The monoisotopic (exact) mass is 198 g/mol. The van der Waals surface area contributed by atoms with Crippen molar-refractivity contribution in [2.45, 2.75) is 39.5 Å². The summed E-state index contributed by atoms with van der Waals surface area (Å²) in [4.78, 5) is 10.4. The van der Waals surface area contributed by atoms with E-state index in [2.05, 4.69) is 4.74 Å². The van der Waals surface area contributed by atoms with Gasteiger partial charge >= 0.3 is 12.1 Å². The summed E-state index contributed by atoms with van der Waals surface area (Å²) in [6.45, 7) is 4.25. The summed E-state index contributed by atoms with van der Waals surface area (Å²) < 4.78 is 40.7. The highest BCUT2D eigenvalue weighted by Gasteiger charge is 2.42. The van der Waals surface area contributed by atoms with Crippen molar-refractivity contribution in [2.75, 3.05) is 0 Å². The first-order chi connectivity index (χ1) is 5.73. The number of halogens is 3. The smallest absolute Gasteiger partial charge is 0.425 e. The molecule has 0 spiro atoms. The lowest BCUT2D eigenvalue weighted by atomic mass is 10.1. The maximum Gasteiger partial charge on any atom is 0.425 e. The van der Waals surface area contributed by atoms with Crippen molar-refractivity contribution < 1.29 is 22.7 Å². The normalized spacial score (nSPS) is 14.4. The molecule has 0 rings (SSSR count). The molecule has 0 bridgehead atoms. The van der Waals surface area contributed by atoms with Gasteiger partial charge in [0.2, 0.25) is 0 Å². The summed E-state index contributed by atoms with van der Waals surface area (Å²) >= 11 is 0. The quantitative estimate of drug-likeness (QED) is 0.651. The molecular formula is C8H13F3O2.